The SMILES string of the molecule is C[C@H]1CCOc2c(cnn2C)-c2nccc(n2)Nc2cc3c(cn2)c(-c2ccncc2)nn31. The highest BCUT2D eigenvalue weighted by atomic mass is 16.5. The van der Waals surface area contributed by atoms with Gasteiger partial charge in [-0.1, -0.05) is 0 Å². The summed E-state index contributed by atoms with van der Waals surface area (Å²) in [4.78, 5) is 17.9. The Labute approximate surface area is 189 Å². The second-order valence-corrected chi connectivity index (χ2v) is 7.98. The summed E-state index contributed by atoms with van der Waals surface area (Å²) >= 11 is 0. The second-order valence-electron chi connectivity index (χ2n) is 7.98. The summed E-state index contributed by atoms with van der Waals surface area (Å²) < 4.78 is 9.90. The molecule has 10 nitrogen and oxygen atoms in total. The Balaban J connectivity index is 1.51. The third-order valence-corrected chi connectivity index (χ3v) is 5.77. The fourth-order valence-electron chi connectivity index (χ4n) is 4.05. The second kappa shape index (κ2) is 7.66. The van der Waals surface area contributed by atoms with Gasteiger partial charge in [-0.25, -0.2) is 19.6 Å². The van der Waals surface area contributed by atoms with E-state index in [4.69, 9.17) is 9.84 Å². The molecule has 0 unspecified atom stereocenters. The molecule has 164 valence electrons. The number of aryl methyl sites for hydroxylation is 1. The van der Waals surface area contributed by atoms with Crippen molar-refractivity contribution in [1.82, 2.24) is 39.5 Å². The van der Waals surface area contributed by atoms with Gasteiger partial charge in [0, 0.05) is 55.3 Å². The lowest BCUT2D eigenvalue weighted by atomic mass is 10.1. The van der Waals surface area contributed by atoms with Gasteiger partial charge in [-0.3, -0.25) is 9.67 Å². The highest BCUT2D eigenvalue weighted by Crippen LogP contribution is 2.33. The first-order valence-electron chi connectivity index (χ1n) is 10.7. The molecular weight excluding hydrogens is 418 g/mol. The molecule has 0 spiro atoms. The Morgan fingerprint density at radius 2 is 1.94 bits per heavy atom. The number of nitrogens with zero attached hydrogens (tertiary/aromatic N) is 8. The first-order valence-corrected chi connectivity index (χ1v) is 10.7. The average molecular weight is 439 g/mol. The molecule has 10 heteroatoms. The van der Waals surface area contributed by atoms with Crippen molar-refractivity contribution in [1.29, 1.82) is 0 Å². The predicted molar refractivity (Wildman–Crippen MR) is 123 cm³/mol. The van der Waals surface area contributed by atoms with E-state index in [1.54, 1.807) is 35.5 Å². The molecule has 0 fully saturated rings. The molecule has 4 bridgehead atoms. The summed E-state index contributed by atoms with van der Waals surface area (Å²) in [5.74, 6) is 2.49. The van der Waals surface area contributed by atoms with Gasteiger partial charge in [0.2, 0.25) is 5.88 Å². The third kappa shape index (κ3) is 3.36. The number of nitrogens with one attached hydrogen (secondary N) is 1. The number of anilines is 2. The largest absolute Gasteiger partial charge is 0.477 e. The Kier molecular flexibility index (Phi) is 4.49. The van der Waals surface area contributed by atoms with Crippen LogP contribution in [0.1, 0.15) is 19.4 Å². The minimum atomic E-state index is 0.0898. The molecular formula is C23H21N9O. The van der Waals surface area contributed by atoms with Crippen LogP contribution < -0.4 is 10.1 Å². The van der Waals surface area contributed by atoms with Crippen LogP contribution in [0.15, 0.2) is 55.2 Å². The van der Waals surface area contributed by atoms with E-state index in [-0.39, 0.29) is 6.04 Å². The zero-order valence-corrected chi connectivity index (χ0v) is 18.2. The average Bonchev–Trinajstić information content (AvgIpc) is 3.40. The number of rotatable bonds is 1. The molecule has 1 aliphatic rings. The van der Waals surface area contributed by atoms with E-state index in [1.165, 1.54) is 0 Å². The van der Waals surface area contributed by atoms with Crippen LogP contribution >= 0.6 is 0 Å². The number of aromatic nitrogens is 8. The van der Waals surface area contributed by atoms with E-state index in [1.807, 2.05) is 36.1 Å². The van der Waals surface area contributed by atoms with Crippen molar-refractivity contribution in [2.45, 2.75) is 19.4 Å². The predicted octanol–water partition coefficient (Wildman–Crippen LogP) is 3.77. The van der Waals surface area contributed by atoms with E-state index in [0.717, 1.165) is 34.1 Å². The Morgan fingerprint density at radius 3 is 2.82 bits per heavy atom. The van der Waals surface area contributed by atoms with Crippen LogP contribution in [-0.2, 0) is 7.05 Å². The van der Waals surface area contributed by atoms with E-state index in [9.17, 15) is 0 Å². The van der Waals surface area contributed by atoms with Gasteiger partial charge in [0.1, 0.15) is 22.9 Å². The maximum atomic E-state index is 6.15. The topological polar surface area (TPSA) is 108 Å². The van der Waals surface area contributed by atoms with Crippen molar-refractivity contribution in [3.05, 3.63) is 55.2 Å². The maximum Gasteiger partial charge on any atom is 0.222 e. The van der Waals surface area contributed by atoms with E-state index in [2.05, 4.69) is 37.3 Å². The van der Waals surface area contributed by atoms with Crippen LogP contribution in [0.2, 0.25) is 0 Å². The van der Waals surface area contributed by atoms with Crippen LogP contribution in [-0.4, -0.2) is 46.1 Å². The van der Waals surface area contributed by atoms with Crippen LogP contribution in [0.4, 0.5) is 11.6 Å². The molecule has 5 aromatic rings. The standard InChI is InChI=1S/C23H21N9O/c1-14-6-10-33-23-17(13-27-31(23)2)22-25-9-5-19(29-22)28-20-11-18-16(12-26-20)21(30-32(14)18)15-3-7-24-8-4-15/h3-5,7-9,11-14H,6,10H2,1-2H3,(H,25,26,28,29)/t14-/m0/s1. The molecule has 0 aliphatic carbocycles. The van der Waals surface area contributed by atoms with Crippen molar-refractivity contribution in [2.24, 2.45) is 7.05 Å². The fourth-order valence-corrected chi connectivity index (χ4v) is 4.05. The Morgan fingerprint density at radius 1 is 1.06 bits per heavy atom. The lowest BCUT2D eigenvalue weighted by Gasteiger charge is -2.16. The Bertz CT molecular complexity index is 1460. The summed E-state index contributed by atoms with van der Waals surface area (Å²) in [6.07, 6.45) is 9.58. The van der Waals surface area contributed by atoms with Gasteiger partial charge in [0.25, 0.3) is 0 Å². The van der Waals surface area contributed by atoms with Crippen molar-refractivity contribution in [3.8, 4) is 28.5 Å². The van der Waals surface area contributed by atoms with E-state index >= 15 is 0 Å². The van der Waals surface area contributed by atoms with Gasteiger partial charge in [-0.15, -0.1) is 0 Å². The molecule has 1 atom stereocenters. The highest BCUT2D eigenvalue weighted by molar-refractivity contribution is 5.94. The van der Waals surface area contributed by atoms with E-state index in [0.29, 0.717) is 29.9 Å². The summed E-state index contributed by atoms with van der Waals surface area (Å²) in [7, 11) is 1.85. The normalized spacial score (nSPS) is 15.5. The molecule has 6 rings (SSSR count). The summed E-state index contributed by atoms with van der Waals surface area (Å²) in [5.41, 5.74) is 3.60. The first kappa shape index (κ1) is 19.4. The smallest absolute Gasteiger partial charge is 0.222 e. The molecule has 0 saturated carbocycles. The molecule has 1 N–H and O–H groups in total. The van der Waals surface area contributed by atoms with Crippen LogP contribution in [0.3, 0.4) is 0 Å². The maximum absolute atomic E-state index is 6.15. The van der Waals surface area contributed by atoms with Crippen molar-refractivity contribution in [2.75, 3.05) is 11.9 Å². The zero-order chi connectivity index (χ0) is 22.4. The fraction of sp³-hybridized carbons (Fsp3) is 0.217. The molecule has 1 aliphatic heterocycles. The molecule has 33 heavy (non-hydrogen) atoms. The van der Waals surface area contributed by atoms with Gasteiger partial charge in [0.05, 0.1) is 24.4 Å². The number of hydrogen-bond donors (Lipinski definition) is 1. The van der Waals surface area contributed by atoms with Gasteiger partial charge in [0.15, 0.2) is 5.82 Å². The molecule has 0 saturated heterocycles. The minimum absolute atomic E-state index is 0.0898. The van der Waals surface area contributed by atoms with Gasteiger partial charge in [-0.05, 0) is 25.1 Å². The van der Waals surface area contributed by atoms with Crippen molar-refractivity contribution < 1.29 is 4.74 Å². The zero-order valence-electron chi connectivity index (χ0n) is 18.2. The molecule has 0 radical (unpaired) electrons. The van der Waals surface area contributed by atoms with Crippen molar-refractivity contribution in [3.63, 3.8) is 0 Å². The van der Waals surface area contributed by atoms with Crippen LogP contribution in [0.5, 0.6) is 5.88 Å². The monoisotopic (exact) mass is 439 g/mol. The number of ether oxygens (including phenoxy) is 1. The lowest BCUT2D eigenvalue weighted by molar-refractivity contribution is 0.260. The summed E-state index contributed by atoms with van der Waals surface area (Å²) in [6, 6.07) is 7.82. The molecule has 6 heterocycles. The van der Waals surface area contributed by atoms with Crippen LogP contribution in [0.25, 0.3) is 33.5 Å². The highest BCUT2D eigenvalue weighted by Gasteiger charge is 2.20. The summed E-state index contributed by atoms with van der Waals surface area (Å²) in [5, 5.41) is 13.6. The minimum Gasteiger partial charge on any atom is -0.477 e. The number of fused-ring (bicyclic) bond motifs is 5. The summed E-state index contributed by atoms with van der Waals surface area (Å²) in [6.45, 7) is 2.64. The molecule has 5 aromatic heterocycles. The van der Waals surface area contributed by atoms with Gasteiger partial charge >= 0.3 is 0 Å². The Hall–Kier alpha value is -4.34. The van der Waals surface area contributed by atoms with Gasteiger partial charge in [-0.2, -0.15) is 10.2 Å². The van der Waals surface area contributed by atoms with E-state index < -0.39 is 0 Å². The lowest BCUT2D eigenvalue weighted by Crippen LogP contribution is -2.13. The first-order chi connectivity index (χ1) is 16.2. The molecule has 0 aromatic carbocycles. The van der Waals surface area contributed by atoms with Gasteiger partial charge < -0.3 is 10.1 Å². The third-order valence-electron chi connectivity index (χ3n) is 5.77. The van der Waals surface area contributed by atoms with Crippen molar-refractivity contribution >= 4 is 22.5 Å². The van der Waals surface area contributed by atoms with Crippen LogP contribution in [0, 0.1) is 0 Å². The number of pyridine rings is 2. The quantitative estimate of drug-likeness (QED) is 0.420. The number of hydrogen-bond acceptors (Lipinski definition) is 8. The molecule has 0 amide bonds.